The van der Waals surface area contributed by atoms with Gasteiger partial charge in [0.05, 0.1) is 17.6 Å². The van der Waals surface area contributed by atoms with Crippen molar-refractivity contribution >= 4 is 11.4 Å². The Balaban J connectivity index is 2.33. The van der Waals surface area contributed by atoms with Gasteiger partial charge < -0.3 is 15.1 Å². The second kappa shape index (κ2) is 5.32. The summed E-state index contributed by atoms with van der Waals surface area (Å²) in [6.07, 6.45) is 1.12. The Labute approximate surface area is 105 Å². The summed E-state index contributed by atoms with van der Waals surface area (Å²) in [7, 11) is 0. The van der Waals surface area contributed by atoms with Crippen LogP contribution in [0.5, 0.6) is 0 Å². The van der Waals surface area contributed by atoms with Crippen LogP contribution < -0.4 is 4.90 Å². The van der Waals surface area contributed by atoms with E-state index < -0.39 is 11.0 Å². The van der Waals surface area contributed by atoms with E-state index in [0.29, 0.717) is 24.3 Å². The quantitative estimate of drug-likeness (QED) is 0.620. The fraction of sp³-hybridized carbons (Fsp3) is 0.500. The van der Waals surface area contributed by atoms with Crippen molar-refractivity contribution in [3.05, 3.63) is 33.9 Å². The van der Waals surface area contributed by atoms with Gasteiger partial charge >= 0.3 is 0 Å². The molecule has 0 bridgehead atoms. The predicted octanol–water partition coefficient (Wildman–Crippen LogP) is 1.05. The number of piperidine rings is 1. The van der Waals surface area contributed by atoms with Crippen LogP contribution in [0.15, 0.2) is 18.2 Å². The van der Waals surface area contributed by atoms with Gasteiger partial charge in [-0.25, -0.2) is 0 Å². The summed E-state index contributed by atoms with van der Waals surface area (Å²) in [6, 6.07) is 4.70. The summed E-state index contributed by atoms with van der Waals surface area (Å²) in [5, 5.41) is 29.7. The van der Waals surface area contributed by atoms with Gasteiger partial charge in [0.1, 0.15) is 5.69 Å². The van der Waals surface area contributed by atoms with Crippen molar-refractivity contribution < 1.29 is 15.1 Å². The first kappa shape index (κ1) is 12.8. The van der Waals surface area contributed by atoms with Crippen LogP contribution in [0.1, 0.15) is 18.4 Å². The number of anilines is 1. The topological polar surface area (TPSA) is 86.8 Å². The molecule has 0 radical (unpaired) electrons. The Kier molecular flexibility index (Phi) is 3.78. The summed E-state index contributed by atoms with van der Waals surface area (Å²) in [4.78, 5) is 12.4. The monoisotopic (exact) mass is 252 g/mol. The highest BCUT2D eigenvalue weighted by Gasteiger charge is 2.24. The number of rotatable bonds is 3. The Hall–Kier alpha value is -1.66. The lowest BCUT2D eigenvalue weighted by atomic mass is 10.1. The SMILES string of the molecule is O=[N+]([O-])c1cc(CO)ccc1N1CCCC(O)C1. The molecule has 0 saturated carbocycles. The number of benzene rings is 1. The van der Waals surface area contributed by atoms with E-state index in [0.717, 1.165) is 12.8 Å². The molecule has 1 aromatic carbocycles. The van der Waals surface area contributed by atoms with Crippen LogP contribution in [-0.2, 0) is 6.61 Å². The van der Waals surface area contributed by atoms with Crippen LogP contribution >= 0.6 is 0 Å². The van der Waals surface area contributed by atoms with Crippen LogP contribution in [0.4, 0.5) is 11.4 Å². The van der Waals surface area contributed by atoms with Crippen molar-refractivity contribution in [3.63, 3.8) is 0 Å². The predicted molar refractivity (Wildman–Crippen MR) is 66.5 cm³/mol. The lowest BCUT2D eigenvalue weighted by molar-refractivity contribution is -0.384. The molecule has 2 N–H and O–H groups in total. The van der Waals surface area contributed by atoms with Gasteiger partial charge in [-0.05, 0) is 24.5 Å². The highest BCUT2D eigenvalue weighted by molar-refractivity contribution is 5.64. The molecule has 6 nitrogen and oxygen atoms in total. The largest absolute Gasteiger partial charge is 0.392 e. The maximum absolute atomic E-state index is 11.0. The van der Waals surface area contributed by atoms with E-state index in [9.17, 15) is 15.2 Å². The van der Waals surface area contributed by atoms with Crippen LogP contribution in [-0.4, -0.2) is 34.3 Å². The summed E-state index contributed by atoms with van der Waals surface area (Å²) in [6.45, 7) is 0.902. The molecule has 1 fully saturated rings. The minimum Gasteiger partial charge on any atom is -0.392 e. The minimum atomic E-state index is -0.449. The van der Waals surface area contributed by atoms with Crippen LogP contribution in [0.3, 0.4) is 0 Å². The molecule has 98 valence electrons. The lowest BCUT2D eigenvalue weighted by Crippen LogP contribution is -2.38. The number of hydrogen-bond donors (Lipinski definition) is 2. The smallest absolute Gasteiger partial charge is 0.292 e. The molecule has 1 aliphatic heterocycles. The Morgan fingerprint density at radius 2 is 2.28 bits per heavy atom. The van der Waals surface area contributed by atoms with Gasteiger partial charge in [0.15, 0.2) is 0 Å². The number of β-amino-alcohol motifs (C(OH)–C–C–N with tert-alkyl or cyclic N) is 1. The third kappa shape index (κ3) is 2.60. The normalized spacial score (nSPS) is 19.9. The maximum atomic E-state index is 11.0. The van der Waals surface area contributed by atoms with Gasteiger partial charge in [-0.1, -0.05) is 6.07 Å². The highest BCUT2D eigenvalue weighted by Crippen LogP contribution is 2.31. The second-order valence-corrected chi connectivity index (χ2v) is 4.48. The van der Waals surface area contributed by atoms with Gasteiger partial charge in [0, 0.05) is 19.2 Å². The van der Waals surface area contributed by atoms with Gasteiger partial charge in [-0.3, -0.25) is 10.1 Å². The molecule has 0 amide bonds. The molecule has 1 saturated heterocycles. The molecule has 1 atom stereocenters. The van der Waals surface area contributed by atoms with Crippen molar-refractivity contribution in [3.8, 4) is 0 Å². The van der Waals surface area contributed by atoms with Crippen molar-refractivity contribution in [2.45, 2.75) is 25.6 Å². The molecular weight excluding hydrogens is 236 g/mol. The molecule has 0 aromatic heterocycles. The summed E-state index contributed by atoms with van der Waals surface area (Å²) < 4.78 is 0. The number of hydrogen-bond acceptors (Lipinski definition) is 5. The second-order valence-electron chi connectivity index (χ2n) is 4.48. The number of nitro benzene ring substituents is 1. The third-order valence-electron chi connectivity index (χ3n) is 3.16. The number of aliphatic hydroxyl groups excluding tert-OH is 2. The summed E-state index contributed by atoms with van der Waals surface area (Å²) in [5.74, 6) is 0. The zero-order valence-electron chi connectivity index (χ0n) is 9.95. The summed E-state index contributed by atoms with van der Waals surface area (Å²) in [5.41, 5.74) is 1.01. The van der Waals surface area contributed by atoms with E-state index in [1.165, 1.54) is 6.07 Å². The molecule has 1 aromatic rings. The zero-order valence-corrected chi connectivity index (χ0v) is 9.95. The van der Waals surface area contributed by atoms with Crippen LogP contribution in [0, 0.1) is 10.1 Å². The Bertz CT molecular complexity index is 450. The number of nitro groups is 1. The van der Waals surface area contributed by atoms with E-state index in [4.69, 9.17) is 5.11 Å². The van der Waals surface area contributed by atoms with E-state index in [2.05, 4.69) is 0 Å². The molecule has 18 heavy (non-hydrogen) atoms. The molecule has 1 heterocycles. The molecule has 0 aliphatic carbocycles. The number of nitrogens with zero attached hydrogens (tertiary/aromatic N) is 2. The van der Waals surface area contributed by atoms with Crippen molar-refractivity contribution in [2.75, 3.05) is 18.0 Å². The van der Waals surface area contributed by atoms with Gasteiger partial charge in [0.2, 0.25) is 0 Å². The van der Waals surface area contributed by atoms with Crippen molar-refractivity contribution in [1.82, 2.24) is 0 Å². The molecule has 6 heteroatoms. The van der Waals surface area contributed by atoms with Crippen molar-refractivity contribution in [2.24, 2.45) is 0 Å². The van der Waals surface area contributed by atoms with Crippen LogP contribution in [0.2, 0.25) is 0 Å². The Morgan fingerprint density at radius 3 is 2.89 bits per heavy atom. The van der Waals surface area contributed by atoms with Crippen LogP contribution in [0.25, 0.3) is 0 Å². The summed E-state index contributed by atoms with van der Waals surface area (Å²) >= 11 is 0. The van der Waals surface area contributed by atoms with Gasteiger partial charge in [0.25, 0.3) is 5.69 Å². The number of aliphatic hydroxyl groups is 2. The molecule has 0 spiro atoms. The zero-order chi connectivity index (χ0) is 13.1. The average molecular weight is 252 g/mol. The third-order valence-corrected chi connectivity index (χ3v) is 3.16. The first-order chi connectivity index (χ1) is 8.61. The maximum Gasteiger partial charge on any atom is 0.292 e. The standard InChI is InChI=1S/C12H16N2O4/c15-8-9-3-4-11(12(6-9)14(17)18)13-5-1-2-10(16)7-13/h3-4,6,10,15-16H,1-2,5,7-8H2. The molecule has 1 unspecified atom stereocenters. The first-order valence-corrected chi connectivity index (χ1v) is 5.93. The minimum absolute atomic E-state index is 0.0179. The van der Waals surface area contributed by atoms with E-state index >= 15 is 0 Å². The van der Waals surface area contributed by atoms with Crippen molar-refractivity contribution in [1.29, 1.82) is 0 Å². The van der Waals surface area contributed by atoms with Gasteiger partial charge in [-0.15, -0.1) is 0 Å². The first-order valence-electron chi connectivity index (χ1n) is 5.93. The van der Waals surface area contributed by atoms with Gasteiger partial charge in [-0.2, -0.15) is 0 Å². The highest BCUT2D eigenvalue weighted by atomic mass is 16.6. The average Bonchev–Trinajstić information content (AvgIpc) is 2.38. The fourth-order valence-corrected chi connectivity index (χ4v) is 2.25. The van der Waals surface area contributed by atoms with E-state index in [1.807, 2.05) is 4.90 Å². The van der Waals surface area contributed by atoms with E-state index in [1.54, 1.807) is 12.1 Å². The molecular formula is C12H16N2O4. The lowest BCUT2D eigenvalue weighted by Gasteiger charge is -2.31. The molecule has 2 rings (SSSR count). The fourth-order valence-electron chi connectivity index (χ4n) is 2.25. The Morgan fingerprint density at radius 1 is 1.50 bits per heavy atom. The van der Waals surface area contributed by atoms with E-state index in [-0.39, 0.29) is 12.3 Å². The molecule has 1 aliphatic rings.